The van der Waals surface area contributed by atoms with Crippen LogP contribution in [0, 0.1) is 0 Å². The number of carbonyl (C=O) groups is 2. The first-order valence-corrected chi connectivity index (χ1v) is 7.31. The molecule has 5 nitrogen and oxygen atoms in total. The Balaban J connectivity index is 1.75. The van der Waals surface area contributed by atoms with Gasteiger partial charge in [-0.15, -0.1) is 0 Å². The van der Waals surface area contributed by atoms with Crippen LogP contribution in [0.3, 0.4) is 0 Å². The molecule has 2 fully saturated rings. The van der Waals surface area contributed by atoms with E-state index in [1.807, 2.05) is 11.8 Å². The third-order valence-electron chi connectivity index (χ3n) is 3.39. The summed E-state index contributed by atoms with van der Waals surface area (Å²) in [4.78, 5) is 22.9. The molecule has 0 spiro atoms. The summed E-state index contributed by atoms with van der Waals surface area (Å²) in [6, 6.07) is 0.0282. The molecule has 0 bridgehead atoms. The molecule has 6 heteroatoms. The quantitative estimate of drug-likeness (QED) is 0.636. The third-order valence-corrected chi connectivity index (χ3v) is 4.49. The Morgan fingerprint density at radius 3 is 2.88 bits per heavy atom. The number of piperazine rings is 1. The highest BCUT2D eigenvalue weighted by atomic mass is 32.2. The van der Waals surface area contributed by atoms with Crippen LogP contribution < -0.4 is 16.0 Å². The zero-order valence-electron chi connectivity index (χ0n) is 9.99. The summed E-state index contributed by atoms with van der Waals surface area (Å²) < 4.78 is 0. The summed E-state index contributed by atoms with van der Waals surface area (Å²) in [5.74, 6) is -0.0332. The van der Waals surface area contributed by atoms with E-state index in [9.17, 15) is 9.59 Å². The molecule has 17 heavy (non-hydrogen) atoms. The molecule has 3 atom stereocenters. The predicted molar refractivity (Wildman–Crippen MR) is 67.9 cm³/mol. The fourth-order valence-corrected chi connectivity index (χ4v) is 3.14. The lowest BCUT2D eigenvalue weighted by molar-refractivity contribution is -0.127. The molecule has 96 valence electrons. The van der Waals surface area contributed by atoms with Crippen LogP contribution >= 0.6 is 11.8 Å². The summed E-state index contributed by atoms with van der Waals surface area (Å²) in [5, 5.41) is 9.37. The number of carbonyl (C=O) groups excluding carboxylic acids is 2. The van der Waals surface area contributed by atoms with Crippen LogP contribution in [-0.2, 0) is 9.59 Å². The Kier molecular flexibility index (Phi) is 4.28. The molecule has 1 saturated heterocycles. The van der Waals surface area contributed by atoms with Crippen molar-refractivity contribution in [1.29, 1.82) is 0 Å². The van der Waals surface area contributed by atoms with Crippen LogP contribution in [0.4, 0.5) is 0 Å². The first-order chi connectivity index (χ1) is 8.19. The Morgan fingerprint density at radius 2 is 2.29 bits per heavy atom. The first kappa shape index (κ1) is 12.7. The summed E-state index contributed by atoms with van der Waals surface area (Å²) in [6.45, 7) is 0.625. The van der Waals surface area contributed by atoms with Gasteiger partial charge >= 0.3 is 0 Å². The number of hydrogen-bond donors (Lipinski definition) is 3. The van der Waals surface area contributed by atoms with E-state index in [0.29, 0.717) is 17.8 Å². The highest BCUT2D eigenvalue weighted by molar-refractivity contribution is 7.99. The molecular formula is C11H19N3O2S. The maximum Gasteiger partial charge on any atom is 0.239 e. The largest absolute Gasteiger partial charge is 0.353 e. The van der Waals surface area contributed by atoms with Gasteiger partial charge in [-0.05, 0) is 25.5 Å². The first-order valence-electron chi connectivity index (χ1n) is 6.02. The Morgan fingerprint density at radius 1 is 1.47 bits per heavy atom. The lowest BCUT2D eigenvalue weighted by Gasteiger charge is -2.24. The maximum absolute atomic E-state index is 11.9. The Hall–Kier alpha value is -0.750. The van der Waals surface area contributed by atoms with E-state index in [0.717, 1.165) is 12.8 Å². The molecule has 0 aromatic heterocycles. The van der Waals surface area contributed by atoms with Gasteiger partial charge in [0, 0.05) is 17.8 Å². The van der Waals surface area contributed by atoms with Gasteiger partial charge in [0.15, 0.2) is 0 Å². The molecule has 0 aromatic rings. The maximum atomic E-state index is 11.9. The molecule has 1 heterocycles. The minimum Gasteiger partial charge on any atom is -0.353 e. The molecule has 1 aliphatic heterocycles. The number of thioether (sulfide) groups is 1. The molecular weight excluding hydrogens is 238 g/mol. The molecule has 1 aliphatic carbocycles. The smallest absolute Gasteiger partial charge is 0.239 e. The minimum absolute atomic E-state index is 0.0109. The number of hydrogen-bond acceptors (Lipinski definition) is 4. The van der Waals surface area contributed by atoms with Crippen LogP contribution in [-0.4, -0.2) is 48.5 Å². The van der Waals surface area contributed by atoms with E-state index in [4.69, 9.17) is 0 Å². The minimum atomic E-state index is -0.277. The SMILES string of the molecule is CSC1CCC(NC(=O)C2CNC(=O)CN2)C1. The molecule has 0 aromatic carbocycles. The van der Waals surface area contributed by atoms with E-state index in [-0.39, 0.29) is 24.4 Å². The van der Waals surface area contributed by atoms with Crippen LogP contribution in [0.2, 0.25) is 0 Å². The zero-order chi connectivity index (χ0) is 12.3. The lowest BCUT2D eigenvalue weighted by atomic mass is 10.2. The van der Waals surface area contributed by atoms with E-state index in [1.54, 1.807) is 0 Å². The van der Waals surface area contributed by atoms with Gasteiger partial charge in [0.25, 0.3) is 0 Å². The summed E-state index contributed by atoms with van der Waals surface area (Å²) in [7, 11) is 0. The van der Waals surface area contributed by atoms with Crippen molar-refractivity contribution in [3.8, 4) is 0 Å². The van der Waals surface area contributed by atoms with Crippen molar-refractivity contribution in [3.63, 3.8) is 0 Å². The van der Waals surface area contributed by atoms with Crippen molar-refractivity contribution >= 4 is 23.6 Å². The number of nitrogens with one attached hydrogen (secondary N) is 3. The highest BCUT2D eigenvalue weighted by Crippen LogP contribution is 2.28. The summed E-state index contributed by atoms with van der Waals surface area (Å²) in [6.07, 6.45) is 5.43. The molecule has 2 amide bonds. The average Bonchev–Trinajstić information content (AvgIpc) is 2.77. The van der Waals surface area contributed by atoms with E-state index in [1.165, 1.54) is 6.42 Å². The average molecular weight is 257 g/mol. The molecule has 3 unspecified atom stereocenters. The second-order valence-corrected chi connectivity index (χ2v) is 5.75. The number of rotatable bonds is 3. The summed E-state index contributed by atoms with van der Waals surface area (Å²) >= 11 is 1.88. The molecule has 2 aliphatic rings. The molecule has 1 saturated carbocycles. The second-order valence-electron chi connectivity index (χ2n) is 4.61. The Labute approximate surface area is 105 Å². The fourth-order valence-electron chi connectivity index (χ4n) is 2.34. The summed E-state index contributed by atoms with van der Waals surface area (Å²) in [5.41, 5.74) is 0. The highest BCUT2D eigenvalue weighted by Gasteiger charge is 2.29. The molecule has 2 rings (SSSR count). The van der Waals surface area contributed by atoms with Gasteiger partial charge in [0.05, 0.1) is 6.54 Å². The molecule has 3 N–H and O–H groups in total. The van der Waals surface area contributed by atoms with Gasteiger partial charge in [-0.3, -0.25) is 14.9 Å². The monoisotopic (exact) mass is 257 g/mol. The zero-order valence-corrected chi connectivity index (χ0v) is 10.8. The van der Waals surface area contributed by atoms with Crippen molar-refractivity contribution in [1.82, 2.24) is 16.0 Å². The van der Waals surface area contributed by atoms with Crippen LogP contribution in [0.15, 0.2) is 0 Å². The standard InChI is InChI=1S/C11H19N3O2S/c1-17-8-3-2-7(4-8)14-11(16)9-5-13-10(15)6-12-9/h7-9,12H,2-6H2,1H3,(H,13,15)(H,14,16). The fraction of sp³-hybridized carbons (Fsp3) is 0.818. The van der Waals surface area contributed by atoms with Crippen molar-refractivity contribution in [3.05, 3.63) is 0 Å². The van der Waals surface area contributed by atoms with Crippen LogP contribution in [0.5, 0.6) is 0 Å². The topological polar surface area (TPSA) is 70.2 Å². The van der Waals surface area contributed by atoms with Crippen molar-refractivity contribution < 1.29 is 9.59 Å². The van der Waals surface area contributed by atoms with Gasteiger partial charge in [-0.25, -0.2) is 0 Å². The second kappa shape index (κ2) is 5.73. The third kappa shape index (κ3) is 3.35. The molecule has 0 radical (unpaired) electrons. The van der Waals surface area contributed by atoms with Gasteiger partial charge in [0.1, 0.15) is 6.04 Å². The van der Waals surface area contributed by atoms with Gasteiger partial charge < -0.3 is 10.6 Å². The number of amides is 2. The lowest BCUT2D eigenvalue weighted by Crippen LogP contribution is -2.58. The van der Waals surface area contributed by atoms with Gasteiger partial charge in [0.2, 0.25) is 11.8 Å². The van der Waals surface area contributed by atoms with Crippen molar-refractivity contribution in [2.24, 2.45) is 0 Å². The predicted octanol–water partition coefficient (Wildman–Crippen LogP) is -0.525. The van der Waals surface area contributed by atoms with Crippen LogP contribution in [0.1, 0.15) is 19.3 Å². The Bertz CT molecular complexity index is 301. The van der Waals surface area contributed by atoms with E-state index in [2.05, 4.69) is 22.2 Å². The van der Waals surface area contributed by atoms with E-state index >= 15 is 0 Å². The van der Waals surface area contributed by atoms with E-state index < -0.39 is 0 Å². The van der Waals surface area contributed by atoms with Gasteiger partial charge in [-0.1, -0.05) is 0 Å². The van der Waals surface area contributed by atoms with Crippen molar-refractivity contribution in [2.75, 3.05) is 19.3 Å². The van der Waals surface area contributed by atoms with Crippen LogP contribution in [0.25, 0.3) is 0 Å². The van der Waals surface area contributed by atoms with Crippen molar-refractivity contribution in [2.45, 2.75) is 36.6 Å². The van der Waals surface area contributed by atoms with Gasteiger partial charge in [-0.2, -0.15) is 11.8 Å². The normalized spacial score (nSPS) is 33.2.